The Kier molecular flexibility index (Phi) is 8.65. The van der Waals surface area contributed by atoms with Crippen molar-refractivity contribution in [3.8, 4) is 22.9 Å². The molecule has 0 bridgehead atoms. The number of piperidine rings is 1. The number of benzene rings is 1. The number of nitrogens with zero attached hydrogens (tertiary/aromatic N) is 4. The molecule has 1 spiro atoms. The number of fused-ring (bicyclic) bond motifs is 2. The molecule has 11 heteroatoms. The maximum Gasteiger partial charge on any atom is 0.421 e. The Bertz CT molecular complexity index is 1540. The third-order valence-corrected chi connectivity index (χ3v) is 9.71. The molecule has 45 heavy (non-hydrogen) atoms. The molecule has 3 aliphatic heterocycles. The van der Waals surface area contributed by atoms with Crippen LogP contribution in [0.1, 0.15) is 56.4 Å². The first-order valence-corrected chi connectivity index (χ1v) is 15.8. The van der Waals surface area contributed by atoms with Gasteiger partial charge in [0.15, 0.2) is 0 Å². The van der Waals surface area contributed by atoms with Crippen molar-refractivity contribution in [2.45, 2.75) is 63.7 Å². The number of anilines is 1. The molecule has 5 heterocycles. The van der Waals surface area contributed by atoms with E-state index in [0.717, 1.165) is 42.6 Å². The fourth-order valence-electron chi connectivity index (χ4n) is 7.61. The van der Waals surface area contributed by atoms with Crippen LogP contribution in [-0.4, -0.2) is 66.7 Å². The lowest BCUT2D eigenvalue weighted by molar-refractivity contribution is -0.138. The molecular formula is C34H40F3N5O3. The van der Waals surface area contributed by atoms with Crippen LogP contribution in [0.2, 0.25) is 0 Å². The van der Waals surface area contributed by atoms with Gasteiger partial charge in [-0.15, -0.1) is 0 Å². The van der Waals surface area contributed by atoms with Gasteiger partial charge in [-0.3, -0.25) is 9.78 Å². The summed E-state index contributed by atoms with van der Waals surface area (Å²) < 4.78 is 54.0. The van der Waals surface area contributed by atoms with Crippen LogP contribution in [0.3, 0.4) is 0 Å². The average molecular weight is 624 g/mol. The minimum absolute atomic E-state index is 0.0329. The van der Waals surface area contributed by atoms with Crippen LogP contribution in [0.5, 0.6) is 11.6 Å². The summed E-state index contributed by atoms with van der Waals surface area (Å²) in [6.07, 6.45) is 0.155. The lowest BCUT2D eigenvalue weighted by Crippen LogP contribution is -2.60. The molecule has 3 aromatic rings. The Hall–Kier alpha value is -3.86. The van der Waals surface area contributed by atoms with Crippen molar-refractivity contribution in [1.29, 1.82) is 0 Å². The lowest BCUT2D eigenvalue weighted by Gasteiger charge is -2.53. The van der Waals surface area contributed by atoms with E-state index in [-0.39, 0.29) is 29.3 Å². The van der Waals surface area contributed by atoms with Crippen LogP contribution in [0.25, 0.3) is 11.3 Å². The summed E-state index contributed by atoms with van der Waals surface area (Å²) in [4.78, 5) is 27.2. The highest BCUT2D eigenvalue weighted by Crippen LogP contribution is 2.50. The maximum atomic E-state index is 14.3. The van der Waals surface area contributed by atoms with Crippen LogP contribution in [0.15, 0.2) is 48.7 Å². The van der Waals surface area contributed by atoms with Crippen molar-refractivity contribution in [2.75, 3.05) is 44.8 Å². The summed E-state index contributed by atoms with van der Waals surface area (Å²) in [7, 11) is 1.27. The van der Waals surface area contributed by atoms with Gasteiger partial charge in [0, 0.05) is 31.2 Å². The third-order valence-electron chi connectivity index (χ3n) is 9.71. The van der Waals surface area contributed by atoms with E-state index in [1.54, 1.807) is 12.3 Å². The number of nitrogens with one attached hydrogen (secondary N) is 1. The number of rotatable bonds is 7. The minimum atomic E-state index is -4.57. The first kappa shape index (κ1) is 31.1. The topological polar surface area (TPSA) is 79.8 Å². The van der Waals surface area contributed by atoms with Crippen molar-refractivity contribution in [2.24, 2.45) is 5.92 Å². The summed E-state index contributed by atoms with van der Waals surface area (Å²) in [5.41, 5.74) is 2.29. The highest BCUT2D eigenvalue weighted by molar-refractivity contribution is 5.83. The quantitative estimate of drug-likeness (QED) is 0.355. The number of aromatic nitrogens is 2. The predicted octanol–water partition coefficient (Wildman–Crippen LogP) is 5.84. The average Bonchev–Trinajstić information content (AvgIpc) is 3.59. The summed E-state index contributed by atoms with van der Waals surface area (Å²) >= 11 is 0. The third kappa shape index (κ3) is 5.71. The maximum absolute atomic E-state index is 14.3. The van der Waals surface area contributed by atoms with Crippen LogP contribution in [0.4, 0.5) is 18.9 Å². The molecule has 0 saturated carbocycles. The number of methoxy groups -OCH3 is 1. The first-order chi connectivity index (χ1) is 21.7. The summed E-state index contributed by atoms with van der Waals surface area (Å²) in [5, 5.41) is 3.35. The smallest absolute Gasteiger partial charge is 0.421 e. The zero-order valence-corrected chi connectivity index (χ0v) is 26.0. The van der Waals surface area contributed by atoms with E-state index in [4.69, 9.17) is 14.5 Å². The van der Waals surface area contributed by atoms with Gasteiger partial charge in [-0.05, 0) is 74.5 Å². The highest BCUT2D eigenvalue weighted by atomic mass is 19.4. The Balaban J connectivity index is 1.41. The Morgan fingerprint density at radius 3 is 2.71 bits per heavy atom. The molecule has 0 unspecified atom stereocenters. The Labute approximate surface area is 261 Å². The fraction of sp³-hybridized carbons (Fsp3) is 0.500. The SMILES string of the molecule is CCOc1ncccc1-c1ccc2c(n1)CN(C(=O)[C@@H]1CCCN1)C[C@]21CCN(c2cccc(OC)c2C(F)(F)F)C[C@H]1CC. The minimum Gasteiger partial charge on any atom is -0.496 e. The van der Waals surface area contributed by atoms with Crippen LogP contribution in [0, 0.1) is 5.92 Å². The van der Waals surface area contributed by atoms with Crippen LogP contribution >= 0.6 is 0 Å². The molecule has 1 aromatic carbocycles. The van der Waals surface area contributed by atoms with Gasteiger partial charge in [0.2, 0.25) is 11.8 Å². The number of hydrogen-bond acceptors (Lipinski definition) is 7. The van der Waals surface area contributed by atoms with Crippen molar-refractivity contribution in [3.63, 3.8) is 0 Å². The first-order valence-electron chi connectivity index (χ1n) is 15.8. The zero-order chi connectivity index (χ0) is 31.8. The summed E-state index contributed by atoms with van der Waals surface area (Å²) in [6.45, 7) is 6.95. The van der Waals surface area contributed by atoms with Gasteiger partial charge in [-0.25, -0.2) is 4.98 Å². The number of ether oxygens (including phenoxy) is 2. The predicted molar refractivity (Wildman–Crippen MR) is 165 cm³/mol. The van der Waals surface area contributed by atoms with Gasteiger partial charge in [0.1, 0.15) is 11.3 Å². The Morgan fingerprint density at radius 1 is 1.16 bits per heavy atom. The van der Waals surface area contributed by atoms with Crippen molar-refractivity contribution >= 4 is 11.6 Å². The zero-order valence-electron chi connectivity index (χ0n) is 26.0. The highest BCUT2D eigenvalue weighted by Gasteiger charge is 2.51. The number of halogens is 3. The molecule has 3 aliphatic rings. The molecule has 2 aromatic heterocycles. The number of hydrogen-bond donors (Lipinski definition) is 1. The van der Waals surface area contributed by atoms with Gasteiger partial charge in [0.05, 0.1) is 48.9 Å². The van der Waals surface area contributed by atoms with Gasteiger partial charge in [-0.1, -0.05) is 25.5 Å². The number of alkyl halides is 3. The second-order valence-corrected chi connectivity index (χ2v) is 12.1. The molecule has 6 rings (SSSR count). The second-order valence-electron chi connectivity index (χ2n) is 12.1. The van der Waals surface area contributed by atoms with Crippen LogP contribution < -0.4 is 19.7 Å². The monoisotopic (exact) mass is 623 g/mol. The van der Waals surface area contributed by atoms with Gasteiger partial charge >= 0.3 is 6.18 Å². The van der Waals surface area contributed by atoms with Crippen molar-refractivity contribution in [3.05, 3.63) is 65.5 Å². The number of pyridine rings is 2. The van der Waals surface area contributed by atoms with Gasteiger partial charge in [0.25, 0.3) is 0 Å². The molecule has 1 N–H and O–H groups in total. The van der Waals surface area contributed by atoms with Crippen molar-refractivity contribution in [1.82, 2.24) is 20.2 Å². The van der Waals surface area contributed by atoms with Crippen LogP contribution in [-0.2, 0) is 22.9 Å². The number of carbonyl (C=O) groups is 1. The molecule has 0 radical (unpaired) electrons. The van der Waals surface area contributed by atoms with E-state index in [1.807, 2.05) is 34.9 Å². The summed E-state index contributed by atoms with van der Waals surface area (Å²) in [5.74, 6) is 0.343. The molecule has 2 fully saturated rings. The van der Waals surface area contributed by atoms with E-state index in [9.17, 15) is 18.0 Å². The van der Waals surface area contributed by atoms with E-state index in [0.29, 0.717) is 50.8 Å². The molecule has 1 amide bonds. The lowest BCUT2D eigenvalue weighted by atomic mass is 9.62. The number of carbonyl (C=O) groups excluding carboxylic acids is 1. The van der Waals surface area contributed by atoms with E-state index >= 15 is 0 Å². The number of amides is 1. The molecule has 8 nitrogen and oxygen atoms in total. The molecule has 240 valence electrons. The largest absolute Gasteiger partial charge is 0.496 e. The second kappa shape index (κ2) is 12.5. The Morgan fingerprint density at radius 2 is 2.00 bits per heavy atom. The molecule has 0 aliphatic carbocycles. The molecule has 3 atom stereocenters. The standard InChI is InChI=1S/C34H40F3N5O3/c1-4-22-19-41(28-11-6-12-29(44-3)30(28)34(35,36)37)18-15-33(22)21-42(32(43)26-10-8-16-38-26)20-27-24(33)13-14-25(40-27)23-9-7-17-39-31(23)45-5-2/h6-7,9,11-14,17,22,26,38H,4-5,8,10,15-16,18-21H2,1-3H3/t22-,26+,33+/m1/s1. The summed E-state index contributed by atoms with van der Waals surface area (Å²) in [6, 6.07) is 12.1. The van der Waals surface area contributed by atoms with E-state index in [2.05, 4.69) is 23.3 Å². The molecule has 2 saturated heterocycles. The van der Waals surface area contributed by atoms with Gasteiger partial charge in [-0.2, -0.15) is 13.2 Å². The van der Waals surface area contributed by atoms with Gasteiger partial charge < -0.3 is 24.6 Å². The normalized spacial score (nSPS) is 23.2. The molecular weight excluding hydrogens is 583 g/mol. The fourth-order valence-corrected chi connectivity index (χ4v) is 7.61. The van der Waals surface area contributed by atoms with E-state index < -0.39 is 17.2 Å². The van der Waals surface area contributed by atoms with Crippen molar-refractivity contribution < 1.29 is 27.4 Å². The van der Waals surface area contributed by atoms with E-state index in [1.165, 1.54) is 19.2 Å².